The molecule has 3 aromatic carbocycles. The average molecular weight is 474 g/mol. The number of amides is 2. The van der Waals surface area contributed by atoms with Gasteiger partial charge in [0.2, 0.25) is 5.91 Å². The van der Waals surface area contributed by atoms with Crippen molar-refractivity contribution in [2.45, 2.75) is 12.6 Å². The third-order valence-electron chi connectivity index (χ3n) is 6.37. The molecule has 0 aliphatic carbocycles. The number of nitrogens with zero attached hydrogens (tertiary/aromatic N) is 2. The molecule has 1 aliphatic heterocycles. The van der Waals surface area contributed by atoms with Crippen LogP contribution >= 0.6 is 11.6 Å². The van der Waals surface area contributed by atoms with Crippen LogP contribution in [-0.4, -0.2) is 34.9 Å². The summed E-state index contributed by atoms with van der Waals surface area (Å²) in [5, 5.41) is 4.50. The average Bonchev–Trinajstić information content (AvgIpc) is 3.31. The van der Waals surface area contributed by atoms with E-state index in [1.165, 1.54) is 0 Å². The first-order chi connectivity index (χ1) is 16.5. The summed E-state index contributed by atoms with van der Waals surface area (Å²) >= 11 is 6.22. The monoisotopic (exact) mass is 473 g/mol. The van der Waals surface area contributed by atoms with E-state index in [0.717, 1.165) is 33.3 Å². The molecule has 0 spiro atoms. The van der Waals surface area contributed by atoms with Gasteiger partial charge in [0.15, 0.2) is 0 Å². The molecule has 5 rings (SSSR count). The Hall–Kier alpha value is -3.77. The molecule has 172 valence electrons. The fourth-order valence-electron chi connectivity index (χ4n) is 4.71. The first-order valence-corrected chi connectivity index (χ1v) is 11.4. The highest BCUT2D eigenvalue weighted by molar-refractivity contribution is 6.31. The van der Waals surface area contributed by atoms with Crippen molar-refractivity contribution in [3.63, 3.8) is 0 Å². The fourth-order valence-corrected chi connectivity index (χ4v) is 4.91. The van der Waals surface area contributed by atoms with E-state index in [0.29, 0.717) is 17.3 Å². The molecular formula is C27H24ClN3O3. The van der Waals surface area contributed by atoms with E-state index in [2.05, 4.69) is 5.32 Å². The number of carbonyl (C=O) groups excluding carboxylic acids is 2. The molecule has 4 aromatic rings. The van der Waals surface area contributed by atoms with Crippen molar-refractivity contribution in [2.24, 2.45) is 7.05 Å². The Morgan fingerprint density at radius 1 is 1.03 bits per heavy atom. The minimum atomic E-state index is -0.384. The number of carbonyl (C=O) groups is 2. The number of aromatic nitrogens is 1. The predicted octanol–water partition coefficient (Wildman–Crippen LogP) is 4.70. The maximum absolute atomic E-state index is 13.6. The largest absolute Gasteiger partial charge is 0.497 e. The van der Waals surface area contributed by atoms with Gasteiger partial charge in [-0.3, -0.25) is 9.59 Å². The van der Waals surface area contributed by atoms with E-state index in [9.17, 15) is 9.59 Å². The number of halogens is 1. The number of aryl methyl sites for hydroxylation is 1. The van der Waals surface area contributed by atoms with E-state index in [1.807, 2.05) is 78.3 Å². The lowest BCUT2D eigenvalue weighted by Crippen LogP contribution is -2.39. The lowest BCUT2D eigenvalue weighted by molar-refractivity contribution is -0.122. The minimum Gasteiger partial charge on any atom is -0.497 e. The SMILES string of the molecule is COc1ccc([C@@H]2c3c(n(C)c4ccccc34)C(=O)N2CC(=O)NCc2ccccc2Cl)cc1. The van der Waals surface area contributed by atoms with E-state index in [1.54, 1.807) is 18.1 Å². The third kappa shape index (κ3) is 3.70. The van der Waals surface area contributed by atoms with Gasteiger partial charge in [0.05, 0.1) is 13.2 Å². The van der Waals surface area contributed by atoms with Gasteiger partial charge in [0.25, 0.3) is 5.91 Å². The first-order valence-electron chi connectivity index (χ1n) is 11.0. The number of ether oxygens (including phenoxy) is 1. The molecular weight excluding hydrogens is 450 g/mol. The molecule has 1 N–H and O–H groups in total. The van der Waals surface area contributed by atoms with Crippen LogP contribution in [0.25, 0.3) is 10.9 Å². The molecule has 0 radical (unpaired) electrons. The molecule has 34 heavy (non-hydrogen) atoms. The number of hydrogen-bond acceptors (Lipinski definition) is 3. The van der Waals surface area contributed by atoms with Crippen molar-refractivity contribution < 1.29 is 14.3 Å². The van der Waals surface area contributed by atoms with Gasteiger partial charge >= 0.3 is 0 Å². The van der Waals surface area contributed by atoms with E-state index in [-0.39, 0.29) is 24.4 Å². The normalized spacial score (nSPS) is 15.0. The third-order valence-corrected chi connectivity index (χ3v) is 6.74. The van der Waals surface area contributed by atoms with Crippen LogP contribution < -0.4 is 10.1 Å². The molecule has 0 unspecified atom stereocenters. The van der Waals surface area contributed by atoms with Crippen molar-refractivity contribution in [1.29, 1.82) is 0 Å². The highest BCUT2D eigenvalue weighted by Gasteiger charge is 2.42. The van der Waals surface area contributed by atoms with Gasteiger partial charge in [0, 0.05) is 35.1 Å². The molecule has 0 bridgehead atoms. The van der Waals surface area contributed by atoms with Crippen LogP contribution in [-0.2, 0) is 18.4 Å². The minimum absolute atomic E-state index is 0.0665. The standard InChI is InChI=1S/C27H24ClN3O3/c1-30-22-10-6-4-8-20(22)24-25(17-11-13-19(34-2)14-12-17)31(27(33)26(24)30)16-23(32)29-15-18-7-3-5-9-21(18)28/h3-14,25H,15-16H2,1-2H3,(H,29,32)/t25-/m1/s1. The van der Waals surface area contributed by atoms with Crippen LogP contribution in [0.4, 0.5) is 0 Å². The quantitative estimate of drug-likeness (QED) is 0.441. The van der Waals surface area contributed by atoms with E-state index >= 15 is 0 Å². The second-order valence-corrected chi connectivity index (χ2v) is 8.72. The van der Waals surface area contributed by atoms with Crippen LogP contribution in [0.2, 0.25) is 5.02 Å². The number of benzene rings is 3. The number of fused-ring (bicyclic) bond motifs is 3. The summed E-state index contributed by atoms with van der Waals surface area (Å²) in [7, 11) is 3.51. The second-order valence-electron chi connectivity index (χ2n) is 8.32. The van der Waals surface area contributed by atoms with Crippen molar-refractivity contribution in [2.75, 3.05) is 13.7 Å². The molecule has 7 heteroatoms. The molecule has 0 fully saturated rings. The van der Waals surface area contributed by atoms with Gasteiger partial charge in [0.1, 0.15) is 18.0 Å². The summed E-state index contributed by atoms with van der Waals surface area (Å²) in [6.07, 6.45) is 0. The first kappa shape index (κ1) is 22.0. The highest BCUT2D eigenvalue weighted by atomic mass is 35.5. The summed E-state index contributed by atoms with van der Waals surface area (Å²) in [5.41, 5.74) is 4.27. The van der Waals surface area contributed by atoms with Crippen molar-refractivity contribution in [3.8, 4) is 5.75 Å². The zero-order valence-corrected chi connectivity index (χ0v) is 19.7. The van der Waals surface area contributed by atoms with Crippen LogP contribution in [0.1, 0.15) is 33.2 Å². The Morgan fingerprint density at radius 3 is 2.47 bits per heavy atom. The van der Waals surface area contributed by atoms with Gasteiger partial charge in [-0.15, -0.1) is 0 Å². The molecule has 0 saturated carbocycles. The molecule has 6 nitrogen and oxygen atoms in total. The molecule has 2 amide bonds. The Bertz CT molecular complexity index is 1390. The molecule has 1 atom stereocenters. The summed E-state index contributed by atoms with van der Waals surface area (Å²) in [5.74, 6) is 0.321. The summed E-state index contributed by atoms with van der Waals surface area (Å²) in [4.78, 5) is 28.2. The second kappa shape index (κ2) is 8.88. The lowest BCUT2D eigenvalue weighted by Gasteiger charge is -2.26. The van der Waals surface area contributed by atoms with Crippen LogP contribution in [0.3, 0.4) is 0 Å². The maximum Gasteiger partial charge on any atom is 0.272 e. The number of rotatable bonds is 6. The zero-order chi connectivity index (χ0) is 23.8. The number of para-hydroxylation sites is 1. The summed E-state index contributed by atoms with van der Waals surface area (Å²) in [6.45, 7) is 0.229. The number of methoxy groups -OCH3 is 1. The Kier molecular flexibility index (Phi) is 5.75. The van der Waals surface area contributed by atoms with Crippen LogP contribution in [0.5, 0.6) is 5.75 Å². The van der Waals surface area contributed by atoms with Crippen molar-refractivity contribution in [3.05, 3.63) is 100 Å². The maximum atomic E-state index is 13.6. The molecule has 0 saturated heterocycles. The van der Waals surface area contributed by atoms with Crippen molar-refractivity contribution >= 4 is 34.3 Å². The van der Waals surface area contributed by atoms with Crippen LogP contribution in [0.15, 0.2) is 72.8 Å². The van der Waals surface area contributed by atoms with Crippen LogP contribution in [0, 0.1) is 0 Å². The van der Waals surface area contributed by atoms with Gasteiger partial charge in [-0.1, -0.05) is 60.1 Å². The lowest BCUT2D eigenvalue weighted by atomic mass is 9.98. The van der Waals surface area contributed by atoms with E-state index < -0.39 is 0 Å². The molecule has 2 heterocycles. The van der Waals surface area contributed by atoms with Gasteiger partial charge in [-0.25, -0.2) is 0 Å². The molecule has 1 aliphatic rings. The highest BCUT2D eigenvalue weighted by Crippen LogP contribution is 2.43. The van der Waals surface area contributed by atoms with Gasteiger partial charge in [-0.05, 0) is 35.4 Å². The Morgan fingerprint density at radius 2 is 1.74 bits per heavy atom. The number of hydrogen-bond donors (Lipinski definition) is 1. The topological polar surface area (TPSA) is 63.6 Å². The Labute approximate surface area is 202 Å². The zero-order valence-electron chi connectivity index (χ0n) is 18.9. The Balaban J connectivity index is 1.50. The summed E-state index contributed by atoms with van der Waals surface area (Å²) < 4.78 is 7.23. The van der Waals surface area contributed by atoms with E-state index in [4.69, 9.17) is 16.3 Å². The smallest absolute Gasteiger partial charge is 0.272 e. The number of nitrogens with one attached hydrogen (secondary N) is 1. The predicted molar refractivity (Wildman–Crippen MR) is 132 cm³/mol. The fraction of sp³-hybridized carbons (Fsp3) is 0.185. The van der Waals surface area contributed by atoms with Gasteiger partial charge in [-0.2, -0.15) is 0 Å². The van der Waals surface area contributed by atoms with Crippen molar-refractivity contribution in [1.82, 2.24) is 14.8 Å². The van der Waals surface area contributed by atoms with Gasteiger partial charge < -0.3 is 19.5 Å². The summed E-state index contributed by atoms with van der Waals surface area (Å²) in [6, 6.07) is 22.6. The molecule has 1 aromatic heterocycles.